The molecule has 6 nitrogen and oxygen atoms in total. The number of nitrogens with zero attached hydrogens (tertiary/aromatic N) is 1. The van der Waals surface area contributed by atoms with Crippen LogP contribution in [0.25, 0.3) is 5.76 Å². The fourth-order valence-corrected chi connectivity index (χ4v) is 4.00. The molecule has 0 bridgehead atoms. The van der Waals surface area contributed by atoms with Gasteiger partial charge in [0.1, 0.15) is 17.3 Å². The first kappa shape index (κ1) is 21.2. The number of phenols is 1. The third-order valence-electron chi connectivity index (χ3n) is 5.61. The normalized spacial score (nSPS) is 17.6. The first-order chi connectivity index (χ1) is 15.3. The van der Waals surface area contributed by atoms with Crippen LogP contribution < -0.4 is 9.64 Å². The van der Waals surface area contributed by atoms with E-state index in [9.17, 15) is 19.8 Å². The third kappa shape index (κ3) is 3.60. The van der Waals surface area contributed by atoms with Gasteiger partial charge in [-0.1, -0.05) is 29.8 Å². The van der Waals surface area contributed by atoms with E-state index in [0.29, 0.717) is 22.6 Å². The van der Waals surface area contributed by atoms with E-state index < -0.39 is 17.7 Å². The Balaban J connectivity index is 1.94. The minimum atomic E-state index is -0.896. The number of hydrogen-bond donors (Lipinski definition) is 2. The summed E-state index contributed by atoms with van der Waals surface area (Å²) < 4.78 is 5.28. The lowest BCUT2D eigenvalue weighted by Gasteiger charge is -2.25. The molecule has 1 amide bonds. The zero-order valence-electron chi connectivity index (χ0n) is 18.0. The number of carbonyl (C=O) groups is 2. The lowest BCUT2D eigenvalue weighted by molar-refractivity contribution is -0.132. The maximum atomic E-state index is 13.2. The average molecular weight is 429 g/mol. The Hall–Kier alpha value is -4.06. The van der Waals surface area contributed by atoms with Crippen molar-refractivity contribution in [3.63, 3.8) is 0 Å². The summed E-state index contributed by atoms with van der Waals surface area (Å²) in [6.45, 7) is 3.75. The number of aliphatic hydroxyl groups is 1. The van der Waals surface area contributed by atoms with Gasteiger partial charge in [0.15, 0.2) is 0 Å². The predicted octanol–water partition coefficient (Wildman–Crippen LogP) is 4.64. The molecule has 0 aliphatic carbocycles. The second-order valence-corrected chi connectivity index (χ2v) is 7.78. The van der Waals surface area contributed by atoms with E-state index >= 15 is 0 Å². The van der Waals surface area contributed by atoms with Crippen molar-refractivity contribution in [2.45, 2.75) is 19.9 Å². The van der Waals surface area contributed by atoms with Crippen LogP contribution in [0, 0.1) is 13.8 Å². The molecule has 1 heterocycles. The first-order valence-corrected chi connectivity index (χ1v) is 10.1. The molecule has 2 N–H and O–H groups in total. The first-order valence-electron chi connectivity index (χ1n) is 10.1. The molecule has 1 saturated heterocycles. The average Bonchev–Trinajstić information content (AvgIpc) is 3.04. The molecular formula is C26H23NO5. The van der Waals surface area contributed by atoms with Crippen molar-refractivity contribution in [2.24, 2.45) is 0 Å². The molecule has 3 aromatic carbocycles. The van der Waals surface area contributed by atoms with Crippen molar-refractivity contribution in [2.75, 3.05) is 12.0 Å². The van der Waals surface area contributed by atoms with Crippen LogP contribution in [0.3, 0.4) is 0 Å². The van der Waals surface area contributed by atoms with Gasteiger partial charge in [-0.3, -0.25) is 14.5 Å². The Labute approximate surface area is 186 Å². The molecule has 0 aromatic heterocycles. The predicted molar refractivity (Wildman–Crippen MR) is 122 cm³/mol. The highest BCUT2D eigenvalue weighted by Gasteiger charge is 2.47. The number of methoxy groups -OCH3 is 1. The van der Waals surface area contributed by atoms with Crippen molar-refractivity contribution in [3.8, 4) is 11.5 Å². The molecule has 4 rings (SSSR count). The van der Waals surface area contributed by atoms with Crippen LogP contribution in [0.15, 0.2) is 72.3 Å². The number of rotatable bonds is 4. The molecule has 0 saturated carbocycles. The molecule has 1 aliphatic rings. The molecule has 1 atom stereocenters. The van der Waals surface area contributed by atoms with Crippen LogP contribution in [0.5, 0.6) is 11.5 Å². The highest BCUT2D eigenvalue weighted by atomic mass is 16.5. The fraction of sp³-hybridized carbons (Fsp3) is 0.154. The summed E-state index contributed by atoms with van der Waals surface area (Å²) in [6, 6.07) is 17.7. The number of ketones is 1. The maximum absolute atomic E-state index is 13.2. The van der Waals surface area contributed by atoms with Gasteiger partial charge in [-0.15, -0.1) is 0 Å². The standard InChI is InChI=1S/C26H23NO5/c1-15-7-10-19(11-8-15)27-23(17-5-4-6-20(28)14-17)22(25(30)26(27)31)24(29)18-9-12-21(32-3)16(2)13-18/h4-14,23,28-29H,1-3H3/b24-22-. The van der Waals surface area contributed by atoms with Gasteiger partial charge >= 0.3 is 0 Å². The number of benzene rings is 3. The number of amides is 1. The largest absolute Gasteiger partial charge is 0.508 e. The Morgan fingerprint density at radius 3 is 2.31 bits per heavy atom. The summed E-state index contributed by atoms with van der Waals surface area (Å²) in [4.78, 5) is 27.6. The Kier molecular flexibility index (Phi) is 5.45. The summed E-state index contributed by atoms with van der Waals surface area (Å²) in [5.74, 6) is -1.17. The van der Waals surface area contributed by atoms with E-state index in [4.69, 9.17) is 4.74 Å². The number of phenolic OH excluding ortho intramolecular Hbond substituents is 1. The van der Waals surface area contributed by atoms with Crippen molar-refractivity contribution >= 4 is 23.1 Å². The van der Waals surface area contributed by atoms with E-state index in [1.165, 1.54) is 17.0 Å². The topological polar surface area (TPSA) is 87.1 Å². The van der Waals surface area contributed by atoms with Gasteiger partial charge in [0.2, 0.25) is 0 Å². The number of anilines is 1. The number of aromatic hydroxyl groups is 1. The molecule has 0 spiro atoms. The summed E-state index contributed by atoms with van der Waals surface area (Å²) in [5.41, 5.74) is 3.18. The molecular weight excluding hydrogens is 406 g/mol. The lowest BCUT2D eigenvalue weighted by Crippen LogP contribution is -2.29. The molecule has 6 heteroatoms. The number of aliphatic hydroxyl groups excluding tert-OH is 1. The van der Waals surface area contributed by atoms with Gasteiger partial charge in [-0.25, -0.2) is 0 Å². The monoisotopic (exact) mass is 429 g/mol. The summed E-state index contributed by atoms with van der Waals surface area (Å²) in [7, 11) is 1.55. The highest BCUT2D eigenvalue weighted by Crippen LogP contribution is 2.43. The second kappa shape index (κ2) is 8.23. The quantitative estimate of drug-likeness (QED) is 0.358. The highest BCUT2D eigenvalue weighted by molar-refractivity contribution is 6.51. The van der Waals surface area contributed by atoms with E-state index in [1.54, 1.807) is 49.6 Å². The van der Waals surface area contributed by atoms with Gasteiger partial charge in [-0.2, -0.15) is 0 Å². The van der Waals surface area contributed by atoms with Crippen LogP contribution in [0.4, 0.5) is 5.69 Å². The molecule has 3 aromatic rings. The van der Waals surface area contributed by atoms with Crippen molar-refractivity contribution < 1.29 is 24.5 Å². The van der Waals surface area contributed by atoms with Crippen LogP contribution in [-0.2, 0) is 9.59 Å². The third-order valence-corrected chi connectivity index (χ3v) is 5.61. The zero-order chi connectivity index (χ0) is 23.0. The number of hydrogen-bond acceptors (Lipinski definition) is 5. The fourth-order valence-electron chi connectivity index (χ4n) is 4.00. The summed E-state index contributed by atoms with van der Waals surface area (Å²) >= 11 is 0. The smallest absolute Gasteiger partial charge is 0.300 e. The Bertz CT molecular complexity index is 1240. The zero-order valence-corrected chi connectivity index (χ0v) is 18.0. The van der Waals surface area contributed by atoms with Crippen molar-refractivity contribution in [3.05, 3.63) is 94.6 Å². The van der Waals surface area contributed by atoms with Gasteiger partial charge in [0.25, 0.3) is 11.7 Å². The van der Waals surface area contributed by atoms with E-state index in [0.717, 1.165) is 11.1 Å². The van der Waals surface area contributed by atoms with Crippen LogP contribution in [0.2, 0.25) is 0 Å². The van der Waals surface area contributed by atoms with Gasteiger partial charge < -0.3 is 14.9 Å². The van der Waals surface area contributed by atoms with Crippen molar-refractivity contribution in [1.82, 2.24) is 0 Å². The maximum Gasteiger partial charge on any atom is 0.300 e. The summed E-state index contributed by atoms with van der Waals surface area (Å²) in [6.07, 6.45) is 0. The van der Waals surface area contributed by atoms with E-state index in [2.05, 4.69) is 0 Å². The van der Waals surface area contributed by atoms with Gasteiger partial charge in [0.05, 0.1) is 18.7 Å². The van der Waals surface area contributed by atoms with Crippen LogP contribution >= 0.6 is 0 Å². The number of aryl methyl sites for hydroxylation is 2. The van der Waals surface area contributed by atoms with Crippen LogP contribution in [-0.4, -0.2) is 29.0 Å². The van der Waals surface area contributed by atoms with Crippen LogP contribution in [0.1, 0.15) is 28.3 Å². The SMILES string of the molecule is COc1ccc(/C(O)=C2/C(=O)C(=O)N(c3ccc(C)cc3)C2c2cccc(O)c2)cc1C. The molecule has 1 unspecified atom stereocenters. The van der Waals surface area contributed by atoms with E-state index in [-0.39, 0.29) is 17.1 Å². The van der Waals surface area contributed by atoms with Gasteiger partial charge in [-0.05, 0) is 67.4 Å². The van der Waals surface area contributed by atoms with Gasteiger partial charge in [0, 0.05) is 11.3 Å². The lowest BCUT2D eigenvalue weighted by atomic mass is 9.94. The summed E-state index contributed by atoms with van der Waals surface area (Å²) in [5, 5.41) is 21.2. The number of Topliss-reactive ketones (excluding diaryl/α,β-unsaturated/α-hetero) is 1. The molecule has 0 radical (unpaired) electrons. The molecule has 32 heavy (non-hydrogen) atoms. The minimum Gasteiger partial charge on any atom is -0.508 e. The van der Waals surface area contributed by atoms with Crippen molar-refractivity contribution in [1.29, 1.82) is 0 Å². The minimum absolute atomic E-state index is 0.00251. The second-order valence-electron chi connectivity index (χ2n) is 7.78. The Morgan fingerprint density at radius 1 is 0.969 bits per heavy atom. The molecule has 162 valence electrons. The number of ether oxygens (including phenoxy) is 1. The Morgan fingerprint density at radius 2 is 1.69 bits per heavy atom. The number of carbonyl (C=O) groups excluding carboxylic acids is 2. The molecule has 1 fully saturated rings. The molecule has 1 aliphatic heterocycles. The van der Waals surface area contributed by atoms with E-state index in [1.807, 2.05) is 26.0 Å².